The van der Waals surface area contributed by atoms with E-state index < -0.39 is 0 Å². The Morgan fingerprint density at radius 2 is 2.31 bits per heavy atom. The van der Waals surface area contributed by atoms with E-state index in [1.54, 1.807) is 7.05 Å². The Kier molecular flexibility index (Phi) is 5.00. The summed E-state index contributed by atoms with van der Waals surface area (Å²) < 4.78 is 0. The summed E-state index contributed by atoms with van der Waals surface area (Å²) in [7, 11) is 1.68. The van der Waals surface area contributed by atoms with Crippen molar-refractivity contribution in [3.05, 3.63) is 11.6 Å². The SMILES string of the molecule is CNC(=O)C(C)NCC1CC(C)=CC(C)C1. The average Bonchev–Trinajstić information content (AvgIpc) is 2.23. The van der Waals surface area contributed by atoms with Gasteiger partial charge in [0.05, 0.1) is 6.04 Å². The smallest absolute Gasteiger partial charge is 0.236 e. The van der Waals surface area contributed by atoms with E-state index in [2.05, 4.69) is 30.6 Å². The van der Waals surface area contributed by atoms with Crippen LogP contribution < -0.4 is 10.6 Å². The van der Waals surface area contributed by atoms with Gasteiger partial charge in [0.2, 0.25) is 5.91 Å². The van der Waals surface area contributed by atoms with Crippen molar-refractivity contribution in [1.82, 2.24) is 10.6 Å². The zero-order chi connectivity index (χ0) is 12.1. The number of carbonyl (C=O) groups excluding carboxylic acids is 1. The minimum Gasteiger partial charge on any atom is -0.358 e. The highest BCUT2D eigenvalue weighted by atomic mass is 16.2. The molecule has 2 N–H and O–H groups in total. The third-order valence-electron chi connectivity index (χ3n) is 3.24. The number of allylic oxidation sites excluding steroid dienone is 2. The number of amides is 1. The van der Waals surface area contributed by atoms with E-state index in [9.17, 15) is 4.79 Å². The normalized spacial score (nSPS) is 27.1. The fourth-order valence-corrected chi connectivity index (χ4v) is 2.49. The lowest BCUT2D eigenvalue weighted by Gasteiger charge is -2.26. The molecule has 0 aromatic carbocycles. The lowest BCUT2D eigenvalue weighted by molar-refractivity contribution is -0.122. The third-order valence-corrected chi connectivity index (χ3v) is 3.24. The van der Waals surface area contributed by atoms with Crippen molar-refractivity contribution in [3.63, 3.8) is 0 Å². The molecule has 0 aliphatic heterocycles. The maximum absolute atomic E-state index is 11.3. The molecule has 0 fully saturated rings. The highest BCUT2D eigenvalue weighted by Gasteiger charge is 2.19. The minimum absolute atomic E-state index is 0.0659. The first-order valence-corrected chi connectivity index (χ1v) is 6.15. The molecular weight excluding hydrogens is 200 g/mol. The molecular formula is C13H24N2O. The fraction of sp³-hybridized carbons (Fsp3) is 0.769. The maximum Gasteiger partial charge on any atom is 0.236 e. The van der Waals surface area contributed by atoms with Crippen LogP contribution in [0.25, 0.3) is 0 Å². The highest BCUT2D eigenvalue weighted by molar-refractivity contribution is 5.80. The van der Waals surface area contributed by atoms with Gasteiger partial charge in [-0.2, -0.15) is 0 Å². The minimum atomic E-state index is -0.0912. The van der Waals surface area contributed by atoms with Crippen LogP contribution in [0.2, 0.25) is 0 Å². The van der Waals surface area contributed by atoms with Gasteiger partial charge >= 0.3 is 0 Å². The van der Waals surface area contributed by atoms with Crippen molar-refractivity contribution in [1.29, 1.82) is 0 Å². The summed E-state index contributed by atoms with van der Waals surface area (Å²) in [5, 5.41) is 5.96. The van der Waals surface area contributed by atoms with Gasteiger partial charge in [-0.1, -0.05) is 18.6 Å². The molecule has 0 aromatic rings. The van der Waals surface area contributed by atoms with Gasteiger partial charge in [0.25, 0.3) is 0 Å². The standard InChI is InChI=1S/C13H24N2O/c1-9-5-10(2)7-12(6-9)8-15-11(3)13(16)14-4/h5,9,11-12,15H,6-8H2,1-4H3,(H,14,16). The van der Waals surface area contributed by atoms with E-state index in [0.717, 1.165) is 13.0 Å². The molecule has 1 aliphatic rings. The van der Waals surface area contributed by atoms with Crippen LogP contribution in [0.15, 0.2) is 11.6 Å². The van der Waals surface area contributed by atoms with E-state index in [1.807, 2.05) is 6.92 Å². The number of hydrogen-bond donors (Lipinski definition) is 2. The second kappa shape index (κ2) is 6.04. The number of likely N-dealkylation sites (N-methyl/N-ethyl adjacent to an activating group) is 1. The molecule has 0 aromatic heterocycles. The Balaban J connectivity index is 2.34. The van der Waals surface area contributed by atoms with E-state index in [-0.39, 0.29) is 11.9 Å². The Morgan fingerprint density at radius 1 is 1.62 bits per heavy atom. The number of nitrogens with one attached hydrogen (secondary N) is 2. The molecule has 3 heteroatoms. The molecule has 92 valence electrons. The highest BCUT2D eigenvalue weighted by Crippen LogP contribution is 2.27. The van der Waals surface area contributed by atoms with Crippen molar-refractivity contribution in [3.8, 4) is 0 Å². The lowest BCUT2D eigenvalue weighted by Crippen LogP contribution is -2.42. The van der Waals surface area contributed by atoms with Gasteiger partial charge < -0.3 is 10.6 Å². The van der Waals surface area contributed by atoms with Crippen molar-refractivity contribution in [2.75, 3.05) is 13.6 Å². The van der Waals surface area contributed by atoms with Crippen molar-refractivity contribution < 1.29 is 4.79 Å². The predicted molar refractivity (Wildman–Crippen MR) is 67.2 cm³/mol. The Bertz CT molecular complexity index is 273. The van der Waals surface area contributed by atoms with Gasteiger partial charge in [-0.3, -0.25) is 4.79 Å². The first kappa shape index (κ1) is 13.2. The lowest BCUT2D eigenvalue weighted by atomic mass is 9.83. The molecule has 0 radical (unpaired) electrons. The van der Waals surface area contributed by atoms with Crippen LogP contribution in [0.5, 0.6) is 0 Å². The summed E-state index contributed by atoms with van der Waals surface area (Å²) in [6.45, 7) is 7.31. The summed E-state index contributed by atoms with van der Waals surface area (Å²) in [6, 6.07) is -0.0912. The van der Waals surface area contributed by atoms with Crippen LogP contribution in [0.4, 0.5) is 0 Å². The van der Waals surface area contributed by atoms with Gasteiger partial charge in [0.15, 0.2) is 0 Å². The van der Waals surface area contributed by atoms with E-state index >= 15 is 0 Å². The van der Waals surface area contributed by atoms with Crippen LogP contribution >= 0.6 is 0 Å². The zero-order valence-corrected chi connectivity index (χ0v) is 10.8. The van der Waals surface area contributed by atoms with Crippen molar-refractivity contribution in [2.24, 2.45) is 11.8 Å². The molecule has 3 nitrogen and oxygen atoms in total. The molecule has 3 unspecified atom stereocenters. The molecule has 0 bridgehead atoms. The van der Waals surface area contributed by atoms with Gasteiger partial charge in [0, 0.05) is 7.05 Å². The molecule has 0 saturated heterocycles. The molecule has 0 heterocycles. The largest absolute Gasteiger partial charge is 0.358 e. The first-order chi connectivity index (χ1) is 7.52. The number of rotatable bonds is 4. The molecule has 3 atom stereocenters. The topological polar surface area (TPSA) is 41.1 Å². The van der Waals surface area contributed by atoms with Crippen LogP contribution in [0.3, 0.4) is 0 Å². The molecule has 1 aliphatic carbocycles. The van der Waals surface area contributed by atoms with E-state index in [4.69, 9.17) is 0 Å². The Hall–Kier alpha value is -0.830. The summed E-state index contributed by atoms with van der Waals surface area (Å²) in [4.78, 5) is 11.3. The third kappa shape index (κ3) is 3.97. The van der Waals surface area contributed by atoms with Gasteiger partial charge in [-0.05, 0) is 45.1 Å². The fourth-order valence-electron chi connectivity index (χ4n) is 2.49. The first-order valence-electron chi connectivity index (χ1n) is 6.15. The number of carbonyl (C=O) groups is 1. The summed E-state index contributed by atoms with van der Waals surface area (Å²) in [5.41, 5.74) is 1.48. The van der Waals surface area contributed by atoms with Gasteiger partial charge in [-0.15, -0.1) is 0 Å². The molecule has 1 amide bonds. The molecule has 1 rings (SSSR count). The maximum atomic E-state index is 11.3. The summed E-state index contributed by atoms with van der Waals surface area (Å²) >= 11 is 0. The quantitative estimate of drug-likeness (QED) is 0.714. The Morgan fingerprint density at radius 3 is 2.88 bits per heavy atom. The average molecular weight is 224 g/mol. The second-order valence-corrected chi connectivity index (χ2v) is 5.04. The summed E-state index contributed by atoms with van der Waals surface area (Å²) in [5.74, 6) is 1.42. The summed E-state index contributed by atoms with van der Waals surface area (Å²) in [6.07, 6.45) is 4.75. The Labute approximate surface area is 98.7 Å². The molecule has 0 saturated carbocycles. The van der Waals surface area contributed by atoms with E-state index in [1.165, 1.54) is 12.0 Å². The van der Waals surface area contributed by atoms with Crippen LogP contribution in [0.1, 0.15) is 33.6 Å². The van der Waals surface area contributed by atoms with Crippen molar-refractivity contribution in [2.45, 2.75) is 39.7 Å². The molecule has 16 heavy (non-hydrogen) atoms. The predicted octanol–water partition coefficient (Wildman–Crippen LogP) is 1.70. The van der Waals surface area contributed by atoms with Crippen LogP contribution in [-0.4, -0.2) is 25.5 Å². The van der Waals surface area contributed by atoms with E-state index in [0.29, 0.717) is 11.8 Å². The van der Waals surface area contributed by atoms with Crippen molar-refractivity contribution >= 4 is 5.91 Å². The van der Waals surface area contributed by atoms with Crippen LogP contribution in [0, 0.1) is 11.8 Å². The number of hydrogen-bond acceptors (Lipinski definition) is 2. The van der Waals surface area contributed by atoms with Crippen LogP contribution in [-0.2, 0) is 4.79 Å². The van der Waals surface area contributed by atoms with Gasteiger partial charge in [0.1, 0.15) is 0 Å². The zero-order valence-electron chi connectivity index (χ0n) is 10.8. The van der Waals surface area contributed by atoms with Gasteiger partial charge in [-0.25, -0.2) is 0 Å². The monoisotopic (exact) mass is 224 g/mol. The molecule has 0 spiro atoms. The second-order valence-electron chi connectivity index (χ2n) is 5.04.